The largest absolute Gasteiger partial charge is 0.478 e. The standard InChI is InChI=1S/C24H26N2O3/c1-17-3-6-22(15-25-17)23(27)16-26(2)14-13-18-4-7-19(8-5-18)20-9-11-21(12-10-20)24(28)29/h3-12,15,23,27H,13-14,16H2,1-2H3,(H,28,29)/t23-/m0/s1. The molecule has 2 N–H and O–H groups in total. The van der Waals surface area contributed by atoms with Gasteiger partial charge in [-0.25, -0.2) is 4.79 Å². The van der Waals surface area contributed by atoms with Crippen LogP contribution in [0.15, 0.2) is 66.9 Å². The van der Waals surface area contributed by atoms with Gasteiger partial charge in [0.25, 0.3) is 0 Å². The van der Waals surface area contributed by atoms with Crippen LogP contribution in [0.4, 0.5) is 0 Å². The van der Waals surface area contributed by atoms with E-state index in [9.17, 15) is 9.90 Å². The number of likely N-dealkylation sites (N-methyl/N-ethyl adjacent to an activating group) is 1. The smallest absolute Gasteiger partial charge is 0.335 e. The lowest BCUT2D eigenvalue weighted by molar-refractivity contribution is 0.0697. The molecule has 3 aromatic rings. The summed E-state index contributed by atoms with van der Waals surface area (Å²) in [5, 5.41) is 19.4. The lowest BCUT2D eigenvalue weighted by Crippen LogP contribution is -2.26. The minimum Gasteiger partial charge on any atom is -0.478 e. The second-order valence-electron chi connectivity index (χ2n) is 7.34. The highest BCUT2D eigenvalue weighted by Crippen LogP contribution is 2.21. The number of benzene rings is 2. The van der Waals surface area contributed by atoms with E-state index in [1.807, 2.05) is 38.2 Å². The molecule has 0 saturated carbocycles. The Morgan fingerprint density at radius 3 is 2.17 bits per heavy atom. The summed E-state index contributed by atoms with van der Waals surface area (Å²) in [5.74, 6) is -0.917. The second kappa shape index (κ2) is 9.45. The van der Waals surface area contributed by atoms with E-state index in [4.69, 9.17) is 5.11 Å². The summed E-state index contributed by atoms with van der Waals surface area (Å²) < 4.78 is 0. The number of rotatable bonds is 8. The highest BCUT2D eigenvalue weighted by atomic mass is 16.4. The fourth-order valence-electron chi connectivity index (χ4n) is 3.16. The zero-order chi connectivity index (χ0) is 20.8. The van der Waals surface area contributed by atoms with Crippen LogP contribution in [-0.4, -0.2) is 46.2 Å². The van der Waals surface area contributed by atoms with Crippen molar-refractivity contribution in [3.8, 4) is 11.1 Å². The Hall–Kier alpha value is -3.02. The molecule has 29 heavy (non-hydrogen) atoms. The molecule has 0 aliphatic heterocycles. The molecule has 1 heterocycles. The van der Waals surface area contributed by atoms with Gasteiger partial charge in [-0.05, 0) is 55.3 Å². The van der Waals surface area contributed by atoms with Gasteiger partial charge >= 0.3 is 5.97 Å². The number of carboxylic acid groups (broad SMARTS) is 1. The van der Waals surface area contributed by atoms with Crippen molar-refractivity contribution in [1.82, 2.24) is 9.88 Å². The van der Waals surface area contributed by atoms with Gasteiger partial charge in [0.05, 0.1) is 11.7 Å². The molecule has 0 amide bonds. The number of aliphatic hydroxyl groups excluding tert-OH is 1. The van der Waals surface area contributed by atoms with E-state index < -0.39 is 12.1 Å². The zero-order valence-corrected chi connectivity index (χ0v) is 16.7. The number of carboxylic acids is 1. The SMILES string of the molecule is Cc1ccc([C@@H](O)CN(C)CCc2ccc(-c3ccc(C(=O)O)cc3)cc2)cn1. The molecule has 150 valence electrons. The van der Waals surface area contributed by atoms with E-state index in [-0.39, 0.29) is 5.56 Å². The van der Waals surface area contributed by atoms with Crippen LogP contribution in [0, 0.1) is 6.92 Å². The normalized spacial score (nSPS) is 12.1. The summed E-state index contributed by atoms with van der Waals surface area (Å²) in [5.41, 5.74) is 5.33. The minimum atomic E-state index is -0.917. The van der Waals surface area contributed by atoms with Crippen LogP contribution < -0.4 is 0 Å². The lowest BCUT2D eigenvalue weighted by atomic mass is 10.0. The van der Waals surface area contributed by atoms with Crippen molar-refractivity contribution in [2.24, 2.45) is 0 Å². The summed E-state index contributed by atoms with van der Waals surface area (Å²) in [7, 11) is 2.00. The Balaban J connectivity index is 1.53. The molecule has 1 aromatic heterocycles. The van der Waals surface area contributed by atoms with Crippen LogP contribution >= 0.6 is 0 Å². The van der Waals surface area contributed by atoms with Crippen molar-refractivity contribution < 1.29 is 15.0 Å². The number of hydrogen-bond acceptors (Lipinski definition) is 4. The average Bonchev–Trinajstić information content (AvgIpc) is 2.73. The molecular weight excluding hydrogens is 364 g/mol. The van der Waals surface area contributed by atoms with Crippen molar-refractivity contribution >= 4 is 5.97 Å². The van der Waals surface area contributed by atoms with Crippen LogP contribution in [0.2, 0.25) is 0 Å². The second-order valence-corrected chi connectivity index (χ2v) is 7.34. The first-order valence-corrected chi connectivity index (χ1v) is 9.64. The molecule has 5 nitrogen and oxygen atoms in total. The maximum atomic E-state index is 11.0. The van der Waals surface area contributed by atoms with Gasteiger partial charge in [0.2, 0.25) is 0 Å². The summed E-state index contributed by atoms with van der Waals surface area (Å²) >= 11 is 0. The van der Waals surface area contributed by atoms with Crippen molar-refractivity contribution in [3.63, 3.8) is 0 Å². The number of hydrogen-bond donors (Lipinski definition) is 2. The Morgan fingerprint density at radius 2 is 1.62 bits per heavy atom. The predicted molar refractivity (Wildman–Crippen MR) is 114 cm³/mol. The van der Waals surface area contributed by atoms with Crippen LogP contribution in [0.5, 0.6) is 0 Å². The molecule has 0 radical (unpaired) electrons. The topological polar surface area (TPSA) is 73.7 Å². The highest BCUT2D eigenvalue weighted by molar-refractivity contribution is 5.88. The molecule has 0 unspecified atom stereocenters. The van der Waals surface area contributed by atoms with Gasteiger partial charge in [0, 0.05) is 30.5 Å². The first kappa shape index (κ1) is 20.7. The molecule has 0 spiro atoms. The Bertz CT molecular complexity index is 935. The predicted octanol–water partition coefficient (Wildman–Crippen LogP) is 3.96. The van der Waals surface area contributed by atoms with E-state index in [2.05, 4.69) is 34.1 Å². The van der Waals surface area contributed by atoms with Crippen LogP contribution in [0.3, 0.4) is 0 Å². The van der Waals surface area contributed by atoms with Crippen LogP contribution in [0.1, 0.15) is 33.3 Å². The summed E-state index contributed by atoms with van der Waals surface area (Å²) in [6, 6.07) is 19.0. The lowest BCUT2D eigenvalue weighted by Gasteiger charge is -2.20. The average molecular weight is 390 g/mol. The third-order valence-corrected chi connectivity index (χ3v) is 5.00. The molecule has 0 aliphatic carbocycles. The highest BCUT2D eigenvalue weighted by Gasteiger charge is 2.11. The van der Waals surface area contributed by atoms with Crippen molar-refractivity contribution in [3.05, 3.63) is 89.2 Å². The summed E-state index contributed by atoms with van der Waals surface area (Å²) in [4.78, 5) is 17.3. The number of pyridine rings is 1. The minimum absolute atomic E-state index is 0.289. The monoisotopic (exact) mass is 390 g/mol. The molecule has 1 atom stereocenters. The first-order chi connectivity index (χ1) is 13.9. The number of aryl methyl sites for hydroxylation is 1. The number of nitrogens with zero attached hydrogens (tertiary/aromatic N) is 2. The Morgan fingerprint density at radius 1 is 1.00 bits per heavy atom. The number of carbonyl (C=O) groups is 1. The maximum Gasteiger partial charge on any atom is 0.335 e. The fourth-order valence-corrected chi connectivity index (χ4v) is 3.16. The van der Waals surface area contributed by atoms with Gasteiger partial charge < -0.3 is 15.1 Å². The van der Waals surface area contributed by atoms with Gasteiger partial charge in [0.1, 0.15) is 0 Å². The van der Waals surface area contributed by atoms with Crippen molar-refractivity contribution in [2.45, 2.75) is 19.4 Å². The molecule has 2 aromatic carbocycles. The first-order valence-electron chi connectivity index (χ1n) is 9.64. The summed E-state index contributed by atoms with van der Waals surface area (Å²) in [6.45, 7) is 3.32. The molecule has 3 rings (SSSR count). The molecule has 0 saturated heterocycles. The van der Waals surface area contributed by atoms with Gasteiger partial charge in [-0.1, -0.05) is 42.5 Å². The quantitative estimate of drug-likeness (QED) is 0.609. The summed E-state index contributed by atoms with van der Waals surface area (Å²) in [6.07, 6.45) is 2.06. The third kappa shape index (κ3) is 5.73. The Labute approximate surface area is 171 Å². The molecule has 0 fully saturated rings. The van der Waals surface area contributed by atoms with E-state index in [1.165, 1.54) is 5.56 Å². The molecule has 0 aliphatic rings. The van der Waals surface area contributed by atoms with E-state index in [0.29, 0.717) is 6.54 Å². The maximum absolute atomic E-state index is 11.0. The van der Waals surface area contributed by atoms with Crippen molar-refractivity contribution in [2.75, 3.05) is 20.1 Å². The third-order valence-electron chi connectivity index (χ3n) is 5.00. The van der Waals surface area contributed by atoms with Crippen molar-refractivity contribution in [1.29, 1.82) is 0 Å². The van der Waals surface area contributed by atoms with Crippen LogP contribution in [0.25, 0.3) is 11.1 Å². The van der Waals surface area contributed by atoms with E-state index in [0.717, 1.165) is 35.3 Å². The van der Waals surface area contributed by atoms with Gasteiger partial charge in [-0.2, -0.15) is 0 Å². The Kier molecular flexibility index (Phi) is 6.75. The number of aromatic carboxylic acids is 1. The van der Waals surface area contributed by atoms with Crippen LogP contribution in [-0.2, 0) is 6.42 Å². The fraction of sp³-hybridized carbons (Fsp3) is 0.250. The number of aliphatic hydroxyl groups is 1. The van der Waals surface area contributed by atoms with E-state index >= 15 is 0 Å². The molecule has 5 heteroatoms. The number of aromatic nitrogens is 1. The zero-order valence-electron chi connectivity index (χ0n) is 16.7. The van der Waals surface area contributed by atoms with E-state index in [1.54, 1.807) is 18.3 Å². The van der Waals surface area contributed by atoms with Gasteiger partial charge in [0.15, 0.2) is 0 Å². The molecular formula is C24H26N2O3. The molecule has 0 bridgehead atoms. The van der Waals surface area contributed by atoms with Gasteiger partial charge in [-0.3, -0.25) is 4.98 Å². The van der Waals surface area contributed by atoms with Gasteiger partial charge in [-0.15, -0.1) is 0 Å².